The van der Waals surface area contributed by atoms with E-state index in [1.165, 1.54) is 22.3 Å². The number of benzene rings is 1. The van der Waals surface area contributed by atoms with Crippen molar-refractivity contribution in [1.29, 1.82) is 0 Å². The van der Waals surface area contributed by atoms with Gasteiger partial charge >= 0.3 is 0 Å². The average Bonchev–Trinajstić information content (AvgIpc) is 2.70. The molecule has 0 spiro atoms. The minimum absolute atomic E-state index is 0.0438. The number of hydrogen-bond acceptors (Lipinski definition) is 3. The van der Waals surface area contributed by atoms with Crippen LogP contribution in [-0.4, -0.2) is 15.3 Å². The summed E-state index contributed by atoms with van der Waals surface area (Å²) in [5.74, 6) is 0.843. The Morgan fingerprint density at radius 2 is 1.89 bits per heavy atom. The second-order valence-electron chi connectivity index (χ2n) is 5.05. The van der Waals surface area contributed by atoms with Gasteiger partial charge in [-0.15, -0.1) is 0 Å². The lowest BCUT2D eigenvalue weighted by atomic mass is 9.95. The van der Waals surface area contributed by atoms with Crippen LogP contribution in [0, 0.1) is 20.8 Å². The van der Waals surface area contributed by atoms with Gasteiger partial charge in [-0.1, -0.05) is 29.5 Å². The highest BCUT2D eigenvalue weighted by Gasteiger charge is 2.14. The minimum Gasteiger partial charge on any atom is -0.329 e. The third-order valence-electron chi connectivity index (χ3n) is 3.28. The first-order chi connectivity index (χ1) is 8.99. The number of nitrogens with zero attached hydrogens (tertiary/aromatic N) is 2. The van der Waals surface area contributed by atoms with Crippen molar-refractivity contribution in [2.45, 2.75) is 32.0 Å². The molecule has 4 heteroatoms. The Morgan fingerprint density at radius 1 is 1.26 bits per heavy atom. The lowest BCUT2D eigenvalue weighted by Crippen LogP contribution is -2.16. The molecule has 1 unspecified atom stereocenters. The maximum absolute atomic E-state index is 6.36. The van der Waals surface area contributed by atoms with E-state index in [1.807, 2.05) is 24.0 Å². The molecule has 102 valence electrons. The van der Waals surface area contributed by atoms with Gasteiger partial charge in [0.25, 0.3) is 0 Å². The number of aromatic nitrogens is 2. The molecule has 1 aromatic heterocycles. The van der Waals surface area contributed by atoms with Crippen LogP contribution in [0.4, 0.5) is 0 Å². The van der Waals surface area contributed by atoms with Crippen LogP contribution in [0.15, 0.2) is 29.7 Å². The quantitative estimate of drug-likeness (QED) is 0.872. The van der Waals surface area contributed by atoms with Gasteiger partial charge in [0, 0.05) is 31.2 Å². The molecule has 0 aliphatic heterocycles. The Hall–Kier alpha value is -1.26. The summed E-state index contributed by atoms with van der Waals surface area (Å²) >= 11 is 1.71. The summed E-state index contributed by atoms with van der Waals surface area (Å²) < 4.78 is 2.02. The molecular formula is C15H21N3S. The van der Waals surface area contributed by atoms with Gasteiger partial charge in [-0.05, 0) is 37.5 Å². The Labute approximate surface area is 119 Å². The Bertz CT molecular complexity index is 552. The second-order valence-corrected chi connectivity index (χ2v) is 6.04. The molecule has 3 nitrogen and oxygen atoms in total. The largest absolute Gasteiger partial charge is 0.329 e. The molecule has 1 aromatic carbocycles. The van der Waals surface area contributed by atoms with E-state index in [-0.39, 0.29) is 6.04 Å². The zero-order valence-electron chi connectivity index (χ0n) is 12.0. The number of hydrogen-bond donors (Lipinski definition) is 1. The summed E-state index contributed by atoms with van der Waals surface area (Å²) in [6.45, 7) is 6.40. The van der Waals surface area contributed by atoms with Gasteiger partial charge in [0.2, 0.25) is 0 Å². The van der Waals surface area contributed by atoms with Gasteiger partial charge in [0.15, 0.2) is 5.16 Å². The maximum atomic E-state index is 6.36. The van der Waals surface area contributed by atoms with Crippen molar-refractivity contribution in [3.8, 4) is 0 Å². The highest BCUT2D eigenvalue weighted by Crippen LogP contribution is 2.27. The SMILES string of the molecule is Cc1cc(C)c(C(N)CSc2nccn2C)c(C)c1. The molecule has 0 saturated carbocycles. The fraction of sp³-hybridized carbons (Fsp3) is 0.400. The molecule has 0 fully saturated rings. The van der Waals surface area contributed by atoms with Crippen molar-refractivity contribution in [3.05, 3.63) is 46.8 Å². The first kappa shape index (κ1) is 14.2. The number of imidazole rings is 1. The highest BCUT2D eigenvalue weighted by molar-refractivity contribution is 7.99. The standard InChI is InChI=1S/C15H21N3S/c1-10-7-11(2)14(12(3)8-10)13(16)9-19-15-17-5-6-18(15)4/h5-8,13H,9,16H2,1-4H3. The number of aryl methyl sites for hydroxylation is 4. The first-order valence-electron chi connectivity index (χ1n) is 6.42. The van der Waals surface area contributed by atoms with E-state index in [4.69, 9.17) is 5.73 Å². The number of nitrogens with two attached hydrogens (primary N) is 1. The fourth-order valence-corrected chi connectivity index (χ4v) is 3.41. The molecule has 0 amide bonds. The molecule has 0 aliphatic rings. The minimum atomic E-state index is 0.0438. The summed E-state index contributed by atoms with van der Waals surface area (Å²) in [6, 6.07) is 4.45. The van der Waals surface area contributed by atoms with Gasteiger partial charge in [0.1, 0.15) is 0 Å². The molecule has 1 atom stereocenters. The lowest BCUT2D eigenvalue weighted by molar-refractivity contribution is 0.776. The van der Waals surface area contributed by atoms with E-state index < -0.39 is 0 Å². The fourth-order valence-electron chi connectivity index (χ4n) is 2.51. The second kappa shape index (κ2) is 5.80. The third-order valence-corrected chi connectivity index (χ3v) is 4.46. The van der Waals surface area contributed by atoms with Crippen LogP contribution >= 0.6 is 11.8 Å². The van der Waals surface area contributed by atoms with Gasteiger partial charge < -0.3 is 10.3 Å². The smallest absolute Gasteiger partial charge is 0.167 e. The topological polar surface area (TPSA) is 43.8 Å². The van der Waals surface area contributed by atoms with E-state index in [2.05, 4.69) is 37.9 Å². The predicted molar refractivity (Wildman–Crippen MR) is 81.5 cm³/mol. The molecule has 2 aromatic rings. The molecule has 0 saturated heterocycles. The molecular weight excluding hydrogens is 254 g/mol. The molecule has 2 rings (SSSR count). The van der Waals surface area contributed by atoms with Crippen LogP contribution in [0.5, 0.6) is 0 Å². The van der Waals surface area contributed by atoms with Gasteiger partial charge in [-0.3, -0.25) is 0 Å². The Kier molecular flexibility index (Phi) is 4.32. The summed E-state index contributed by atoms with van der Waals surface area (Å²) in [5.41, 5.74) is 11.5. The van der Waals surface area contributed by atoms with Crippen molar-refractivity contribution in [3.63, 3.8) is 0 Å². The van der Waals surface area contributed by atoms with Crippen molar-refractivity contribution in [2.75, 3.05) is 5.75 Å². The number of rotatable bonds is 4. The Balaban J connectivity index is 2.12. The zero-order chi connectivity index (χ0) is 14.0. The van der Waals surface area contributed by atoms with Crippen LogP contribution in [0.25, 0.3) is 0 Å². The molecule has 1 heterocycles. The summed E-state index contributed by atoms with van der Waals surface area (Å²) in [5, 5.41) is 1.01. The number of thioether (sulfide) groups is 1. The van der Waals surface area contributed by atoms with Gasteiger partial charge in [-0.2, -0.15) is 0 Å². The monoisotopic (exact) mass is 275 g/mol. The molecule has 2 N–H and O–H groups in total. The molecule has 0 bridgehead atoms. The molecule has 0 aliphatic carbocycles. The van der Waals surface area contributed by atoms with Crippen LogP contribution < -0.4 is 5.73 Å². The molecule has 19 heavy (non-hydrogen) atoms. The summed E-state index contributed by atoms with van der Waals surface area (Å²) in [4.78, 5) is 4.31. The van der Waals surface area contributed by atoms with E-state index >= 15 is 0 Å². The van der Waals surface area contributed by atoms with Gasteiger partial charge in [0.05, 0.1) is 0 Å². The third kappa shape index (κ3) is 3.19. The van der Waals surface area contributed by atoms with Crippen LogP contribution in [0.2, 0.25) is 0 Å². The van der Waals surface area contributed by atoms with Crippen molar-refractivity contribution in [2.24, 2.45) is 12.8 Å². The van der Waals surface area contributed by atoms with Crippen LogP contribution in [-0.2, 0) is 7.05 Å². The van der Waals surface area contributed by atoms with Crippen molar-refractivity contribution >= 4 is 11.8 Å². The normalized spacial score (nSPS) is 12.7. The molecule has 0 radical (unpaired) electrons. The van der Waals surface area contributed by atoms with E-state index in [0.29, 0.717) is 0 Å². The van der Waals surface area contributed by atoms with E-state index in [0.717, 1.165) is 10.9 Å². The van der Waals surface area contributed by atoms with Crippen LogP contribution in [0.1, 0.15) is 28.3 Å². The van der Waals surface area contributed by atoms with E-state index in [9.17, 15) is 0 Å². The Morgan fingerprint density at radius 3 is 2.42 bits per heavy atom. The van der Waals surface area contributed by atoms with Crippen LogP contribution in [0.3, 0.4) is 0 Å². The maximum Gasteiger partial charge on any atom is 0.167 e. The van der Waals surface area contributed by atoms with Crippen molar-refractivity contribution in [1.82, 2.24) is 9.55 Å². The lowest BCUT2D eigenvalue weighted by Gasteiger charge is -2.18. The van der Waals surface area contributed by atoms with Crippen molar-refractivity contribution < 1.29 is 0 Å². The zero-order valence-corrected chi connectivity index (χ0v) is 12.8. The van der Waals surface area contributed by atoms with Gasteiger partial charge in [-0.25, -0.2) is 4.98 Å². The average molecular weight is 275 g/mol. The summed E-state index contributed by atoms with van der Waals surface area (Å²) in [7, 11) is 2.00. The first-order valence-corrected chi connectivity index (χ1v) is 7.41. The highest BCUT2D eigenvalue weighted by atomic mass is 32.2. The predicted octanol–water partition coefficient (Wildman–Crippen LogP) is 3.14. The van der Waals surface area contributed by atoms with E-state index in [1.54, 1.807) is 11.8 Å². The summed E-state index contributed by atoms with van der Waals surface area (Å²) in [6.07, 6.45) is 3.77.